The Morgan fingerprint density at radius 2 is 1.93 bits per heavy atom. The van der Waals surface area contributed by atoms with Crippen LogP contribution in [0.5, 0.6) is 0 Å². The predicted octanol–water partition coefficient (Wildman–Crippen LogP) is 4.35. The maximum absolute atomic E-state index is 12.6. The van der Waals surface area contributed by atoms with Gasteiger partial charge >= 0.3 is 6.18 Å². The van der Waals surface area contributed by atoms with Gasteiger partial charge in [-0.05, 0) is 37.3 Å². The third-order valence-corrected chi connectivity index (χ3v) is 4.52. The molecule has 0 N–H and O–H groups in total. The molecule has 1 atom stereocenters. The summed E-state index contributed by atoms with van der Waals surface area (Å²) < 4.78 is 38.9. The Hall–Kier alpha value is -3.00. The molecule has 5 nitrogen and oxygen atoms in total. The zero-order valence-corrected chi connectivity index (χ0v) is 15.9. The number of hydrogen-bond acceptors (Lipinski definition) is 4. The van der Waals surface area contributed by atoms with E-state index in [4.69, 9.17) is 11.6 Å². The Bertz CT molecular complexity index is 1100. The Balaban J connectivity index is 1.82. The van der Waals surface area contributed by atoms with Crippen molar-refractivity contribution in [3.05, 3.63) is 81.4 Å². The SMILES string of the molecule is CC(C(=O)Cc1ccc(C(F)(F)F)cn1)n1nc(-c2cccc(Cl)c2)ccc1=O. The number of nitrogens with zero attached hydrogens (tertiary/aromatic N) is 3. The van der Waals surface area contributed by atoms with Gasteiger partial charge in [-0.25, -0.2) is 4.68 Å². The van der Waals surface area contributed by atoms with E-state index in [1.54, 1.807) is 24.3 Å². The van der Waals surface area contributed by atoms with E-state index >= 15 is 0 Å². The summed E-state index contributed by atoms with van der Waals surface area (Å²) in [5.74, 6) is -0.407. The van der Waals surface area contributed by atoms with Crippen molar-refractivity contribution in [3.63, 3.8) is 0 Å². The van der Waals surface area contributed by atoms with E-state index in [1.165, 1.54) is 19.1 Å². The molecule has 2 aromatic heterocycles. The third-order valence-electron chi connectivity index (χ3n) is 4.29. The van der Waals surface area contributed by atoms with Crippen molar-refractivity contribution < 1.29 is 18.0 Å². The molecule has 150 valence electrons. The zero-order chi connectivity index (χ0) is 21.2. The average Bonchev–Trinajstić information content (AvgIpc) is 2.67. The largest absolute Gasteiger partial charge is 0.417 e. The molecule has 0 saturated heterocycles. The standard InChI is InChI=1S/C20H15ClF3N3O2/c1-12(18(28)10-16-6-5-14(11-25-16)20(22,23)24)27-19(29)8-7-17(26-27)13-3-2-4-15(21)9-13/h2-9,11-12H,10H2,1H3. The lowest BCUT2D eigenvalue weighted by molar-refractivity contribution is -0.137. The van der Waals surface area contributed by atoms with Gasteiger partial charge in [0.05, 0.1) is 17.7 Å². The highest BCUT2D eigenvalue weighted by Crippen LogP contribution is 2.28. The number of Topliss-reactive ketones (excluding diaryl/α,β-unsaturated/α-hetero) is 1. The first-order chi connectivity index (χ1) is 13.6. The third kappa shape index (κ3) is 4.89. The van der Waals surface area contributed by atoms with Crippen LogP contribution in [0.2, 0.25) is 5.02 Å². The molecule has 1 aromatic carbocycles. The van der Waals surface area contributed by atoms with Crippen molar-refractivity contribution >= 4 is 17.4 Å². The van der Waals surface area contributed by atoms with Crippen molar-refractivity contribution in [2.75, 3.05) is 0 Å². The molecule has 0 aliphatic carbocycles. The van der Waals surface area contributed by atoms with E-state index in [9.17, 15) is 22.8 Å². The van der Waals surface area contributed by atoms with E-state index in [1.807, 2.05) is 0 Å². The zero-order valence-electron chi connectivity index (χ0n) is 15.2. The molecule has 0 aliphatic heterocycles. The monoisotopic (exact) mass is 421 g/mol. The van der Waals surface area contributed by atoms with Crippen LogP contribution in [-0.2, 0) is 17.4 Å². The highest BCUT2D eigenvalue weighted by Gasteiger charge is 2.30. The normalized spacial score (nSPS) is 12.6. The summed E-state index contributed by atoms with van der Waals surface area (Å²) in [6.45, 7) is 1.50. The van der Waals surface area contributed by atoms with Crippen LogP contribution in [0.15, 0.2) is 59.5 Å². The van der Waals surface area contributed by atoms with E-state index in [-0.39, 0.29) is 12.1 Å². The summed E-state index contributed by atoms with van der Waals surface area (Å²) >= 11 is 5.98. The molecule has 1 unspecified atom stereocenters. The predicted molar refractivity (Wildman–Crippen MR) is 102 cm³/mol. The average molecular weight is 422 g/mol. The first-order valence-corrected chi connectivity index (χ1v) is 8.93. The number of hydrogen-bond donors (Lipinski definition) is 0. The van der Waals surface area contributed by atoms with Gasteiger partial charge in [0, 0.05) is 28.5 Å². The van der Waals surface area contributed by atoms with Crippen molar-refractivity contribution in [2.45, 2.75) is 25.6 Å². The van der Waals surface area contributed by atoms with Gasteiger partial charge in [0.1, 0.15) is 6.04 Å². The quantitative estimate of drug-likeness (QED) is 0.614. The van der Waals surface area contributed by atoms with Crippen molar-refractivity contribution in [2.24, 2.45) is 0 Å². The van der Waals surface area contributed by atoms with Crippen LogP contribution in [-0.4, -0.2) is 20.5 Å². The molecular formula is C20H15ClF3N3O2. The second-order valence-electron chi connectivity index (χ2n) is 6.37. The highest BCUT2D eigenvalue weighted by atomic mass is 35.5. The number of carbonyl (C=O) groups is 1. The summed E-state index contributed by atoms with van der Waals surface area (Å²) in [6.07, 6.45) is -4.05. The molecule has 29 heavy (non-hydrogen) atoms. The molecule has 0 spiro atoms. The Labute approximate surface area is 168 Å². The summed E-state index contributed by atoms with van der Waals surface area (Å²) in [4.78, 5) is 28.5. The number of pyridine rings is 1. The number of ketones is 1. The molecule has 0 bridgehead atoms. The fourth-order valence-corrected chi connectivity index (χ4v) is 2.85. The van der Waals surface area contributed by atoms with E-state index in [0.29, 0.717) is 22.5 Å². The second-order valence-corrected chi connectivity index (χ2v) is 6.80. The first-order valence-electron chi connectivity index (χ1n) is 8.56. The van der Waals surface area contributed by atoms with Crippen LogP contribution < -0.4 is 5.56 Å². The van der Waals surface area contributed by atoms with Crippen LogP contribution in [0.1, 0.15) is 24.2 Å². The molecule has 0 amide bonds. The molecule has 3 rings (SSSR count). The van der Waals surface area contributed by atoms with Gasteiger partial charge in [0.25, 0.3) is 5.56 Å². The van der Waals surface area contributed by atoms with Crippen LogP contribution in [0.3, 0.4) is 0 Å². The summed E-state index contributed by atoms with van der Waals surface area (Å²) in [5, 5.41) is 4.75. The van der Waals surface area contributed by atoms with Crippen molar-refractivity contribution in [1.82, 2.24) is 14.8 Å². The minimum Gasteiger partial charge on any atom is -0.297 e. The maximum atomic E-state index is 12.6. The van der Waals surface area contributed by atoms with E-state index in [0.717, 1.165) is 16.8 Å². The number of aromatic nitrogens is 3. The van der Waals surface area contributed by atoms with Crippen LogP contribution in [0, 0.1) is 0 Å². The minimum absolute atomic E-state index is 0.175. The molecule has 2 heterocycles. The Morgan fingerprint density at radius 3 is 2.55 bits per heavy atom. The highest BCUT2D eigenvalue weighted by molar-refractivity contribution is 6.30. The fourth-order valence-electron chi connectivity index (χ4n) is 2.66. The lowest BCUT2D eigenvalue weighted by Crippen LogP contribution is -2.31. The molecule has 9 heteroatoms. The number of alkyl halides is 3. The number of carbonyl (C=O) groups excluding carboxylic acids is 1. The molecule has 0 radical (unpaired) electrons. The lowest BCUT2D eigenvalue weighted by Gasteiger charge is -2.14. The molecule has 0 aliphatic rings. The van der Waals surface area contributed by atoms with Gasteiger partial charge < -0.3 is 0 Å². The van der Waals surface area contributed by atoms with Gasteiger partial charge in [0.2, 0.25) is 0 Å². The lowest BCUT2D eigenvalue weighted by atomic mass is 10.1. The summed E-state index contributed by atoms with van der Waals surface area (Å²) in [5.41, 5.74) is -0.0607. The van der Waals surface area contributed by atoms with Crippen LogP contribution >= 0.6 is 11.6 Å². The molecular weight excluding hydrogens is 407 g/mol. The smallest absolute Gasteiger partial charge is 0.297 e. The number of halogens is 4. The second kappa shape index (κ2) is 8.16. The van der Waals surface area contributed by atoms with Gasteiger partial charge in [-0.3, -0.25) is 14.6 Å². The number of benzene rings is 1. The maximum Gasteiger partial charge on any atom is 0.417 e. The Morgan fingerprint density at radius 1 is 1.17 bits per heavy atom. The van der Waals surface area contributed by atoms with E-state index < -0.39 is 29.1 Å². The molecule has 0 saturated carbocycles. The van der Waals surface area contributed by atoms with Gasteiger partial charge in [0.15, 0.2) is 5.78 Å². The molecule has 3 aromatic rings. The van der Waals surface area contributed by atoms with Crippen LogP contribution in [0.25, 0.3) is 11.3 Å². The molecule has 0 fully saturated rings. The fraction of sp³-hybridized carbons (Fsp3) is 0.200. The first kappa shape index (κ1) is 20.7. The summed E-state index contributed by atoms with van der Waals surface area (Å²) in [7, 11) is 0. The van der Waals surface area contributed by atoms with Gasteiger partial charge in [-0.2, -0.15) is 18.3 Å². The minimum atomic E-state index is -4.50. The van der Waals surface area contributed by atoms with Crippen LogP contribution in [0.4, 0.5) is 13.2 Å². The van der Waals surface area contributed by atoms with Gasteiger partial charge in [-0.15, -0.1) is 0 Å². The van der Waals surface area contributed by atoms with E-state index in [2.05, 4.69) is 10.1 Å². The Kier molecular flexibility index (Phi) is 5.83. The van der Waals surface area contributed by atoms with Gasteiger partial charge in [-0.1, -0.05) is 23.7 Å². The van der Waals surface area contributed by atoms with Crippen molar-refractivity contribution in [3.8, 4) is 11.3 Å². The topological polar surface area (TPSA) is 64.8 Å². The number of rotatable bonds is 5. The van der Waals surface area contributed by atoms with Crippen molar-refractivity contribution in [1.29, 1.82) is 0 Å². The summed E-state index contributed by atoms with van der Waals surface area (Å²) in [6, 6.07) is 10.8.